The highest BCUT2D eigenvalue weighted by Gasteiger charge is 2.14. The Hall–Kier alpha value is -2.18. The van der Waals surface area contributed by atoms with Gasteiger partial charge in [0.25, 0.3) is 5.69 Å². The third-order valence-corrected chi connectivity index (χ3v) is 2.43. The molecule has 1 heterocycles. The van der Waals surface area contributed by atoms with Crippen molar-refractivity contribution in [2.45, 2.75) is 26.3 Å². The zero-order chi connectivity index (χ0) is 13.7. The van der Waals surface area contributed by atoms with E-state index in [0.29, 0.717) is 12.4 Å². The van der Waals surface area contributed by atoms with Crippen molar-refractivity contribution in [3.8, 4) is 0 Å². The lowest BCUT2D eigenvalue weighted by atomic mass is 10.2. The maximum absolute atomic E-state index is 10.6. The number of carbonyl (C=O) groups is 1. The second-order valence-electron chi connectivity index (χ2n) is 4.06. The first-order valence-corrected chi connectivity index (χ1v) is 5.50. The number of carboxylic acid groups (broad SMARTS) is 1. The van der Waals surface area contributed by atoms with E-state index in [1.807, 2.05) is 13.8 Å². The predicted molar refractivity (Wildman–Crippen MR) is 65.6 cm³/mol. The van der Waals surface area contributed by atoms with Crippen LogP contribution >= 0.6 is 0 Å². The molecule has 0 amide bonds. The lowest BCUT2D eigenvalue weighted by molar-refractivity contribution is -0.385. The molecule has 0 bridgehead atoms. The Labute approximate surface area is 104 Å². The number of rotatable bonds is 6. The SMILES string of the molecule is CC(C)N(CCC(=O)O)c1ccc([N+](=O)[O-])cn1. The Kier molecular flexibility index (Phi) is 4.59. The first-order valence-electron chi connectivity index (χ1n) is 5.50. The van der Waals surface area contributed by atoms with Crippen LogP contribution in [0.5, 0.6) is 0 Å². The predicted octanol–water partition coefficient (Wildman–Crippen LogP) is 1.68. The van der Waals surface area contributed by atoms with Crippen molar-refractivity contribution in [2.24, 2.45) is 0 Å². The van der Waals surface area contributed by atoms with Gasteiger partial charge in [-0.15, -0.1) is 0 Å². The van der Waals surface area contributed by atoms with E-state index in [-0.39, 0.29) is 18.2 Å². The van der Waals surface area contributed by atoms with Crippen LogP contribution in [0.3, 0.4) is 0 Å². The minimum absolute atomic E-state index is 0.00313. The second-order valence-corrected chi connectivity index (χ2v) is 4.06. The fraction of sp³-hybridized carbons (Fsp3) is 0.455. The van der Waals surface area contributed by atoms with Crippen LogP contribution in [0.25, 0.3) is 0 Å². The van der Waals surface area contributed by atoms with Gasteiger partial charge in [0.2, 0.25) is 0 Å². The van der Waals surface area contributed by atoms with Crippen molar-refractivity contribution in [3.05, 3.63) is 28.4 Å². The number of nitrogens with zero attached hydrogens (tertiary/aromatic N) is 3. The average Bonchev–Trinajstić information content (AvgIpc) is 2.29. The minimum atomic E-state index is -0.887. The van der Waals surface area contributed by atoms with E-state index in [1.54, 1.807) is 4.90 Å². The van der Waals surface area contributed by atoms with Gasteiger partial charge in [-0.2, -0.15) is 0 Å². The zero-order valence-electron chi connectivity index (χ0n) is 10.2. The van der Waals surface area contributed by atoms with Crippen LogP contribution in [0.1, 0.15) is 20.3 Å². The van der Waals surface area contributed by atoms with Crippen LogP contribution in [0, 0.1) is 10.1 Å². The Morgan fingerprint density at radius 1 is 1.56 bits per heavy atom. The molecule has 98 valence electrons. The van der Waals surface area contributed by atoms with Crippen molar-refractivity contribution in [1.82, 2.24) is 4.98 Å². The summed E-state index contributed by atoms with van der Waals surface area (Å²) in [6, 6.07) is 2.96. The molecular formula is C11H15N3O4. The molecule has 0 spiro atoms. The number of aliphatic carboxylic acids is 1. The maximum atomic E-state index is 10.6. The van der Waals surface area contributed by atoms with Gasteiger partial charge in [-0.3, -0.25) is 14.9 Å². The quantitative estimate of drug-likeness (QED) is 0.612. The van der Waals surface area contributed by atoms with Crippen LogP contribution in [-0.2, 0) is 4.79 Å². The zero-order valence-corrected chi connectivity index (χ0v) is 10.2. The van der Waals surface area contributed by atoms with Gasteiger partial charge in [-0.05, 0) is 19.9 Å². The molecule has 0 atom stereocenters. The molecule has 1 aromatic rings. The molecule has 1 N–H and O–H groups in total. The van der Waals surface area contributed by atoms with E-state index in [4.69, 9.17) is 5.11 Å². The molecule has 0 aliphatic rings. The van der Waals surface area contributed by atoms with Crippen LogP contribution in [0.15, 0.2) is 18.3 Å². The molecule has 7 heteroatoms. The third-order valence-electron chi connectivity index (χ3n) is 2.43. The van der Waals surface area contributed by atoms with E-state index in [1.165, 1.54) is 18.3 Å². The topological polar surface area (TPSA) is 96.6 Å². The number of hydrogen-bond donors (Lipinski definition) is 1. The fourth-order valence-corrected chi connectivity index (χ4v) is 1.51. The highest BCUT2D eigenvalue weighted by Crippen LogP contribution is 2.18. The summed E-state index contributed by atoms with van der Waals surface area (Å²) in [5, 5.41) is 19.2. The number of carboxylic acids is 1. The number of hydrogen-bond acceptors (Lipinski definition) is 5. The van der Waals surface area contributed by atoms with Gasteiger partial charge in [0, 0.05) is 18.7 Å². The summed E-state index contributed by atoms with van der Waals surface area (Å²) < 4.78 is 0. The smallest absolute Gasteiger partial charge is 0.305 e. The van der Waals surface area contributed by atoms with Gasteiger partial charge in [0.1, 0.15) is 12.0 Å². The van der Waals surface area contributed by atoms with Gasteiger partial charge in [0.05, 0.1) is 11.3 Å². The number of anilines is 1. The normalized spacial score (nSPS) is 10.4. The van der Waals surface area contributed by atoms with E-state index < -0.39 is 10.9 Å². The maximum Gasteiger partial charge on any atom is 0.305 e. The van der Waals surface area contributed by atoms with Crippen LogP contribution < -0.4 is 4.90 Å². The molecule has 18 heavy (non-hydrogen) atoms. The number of nitro groups is 1. The molecule has 1 aromatic heterocycles. The molecule has 0 radical (unpaired) electrons. The highest BCUT2D eigenvalue weighted by atomic mass is 16.6. The summed E-state index contributed by atoms with van der Waals surface area (Å²) in [5.74, 6) is -0.348. The molecule has 0 saturated carbocycles. The van der Waals surface area contributed by atoms with Crippen LogP contribution in [0.4, 0.5) is 11.5 Å². The van der Waals surface area contributed by atoms with Crippen molar-refractivity contribution in [2.75, 3.05) is 11.4 Å². The minimum Gasteiger partial charge on any atom is -0.481 e. The summed E-state index contributed by atoms with van der Waals surface area (Å²) in [7, 11) is 0. The molecule has 1 rings (SSSR count). The lowest BCUT2D eigenvalue weighted by Crippen LogP contribution is -2.33. The largest absolute Gasteiger partial charge is 0.481 e. The molecule has 0 aromatic carbocycles. The third kappa shape index (κ3) is 3.69. The summed E-state index contributed by atoms with van der Waals surface area (Å²) >= 11 is 0. The molecular weight excluding hydrogens is 238 g/mol. The molecule has 7 nitrogen and oxygen atoms in total. The fourth-order valence-electron chi connectivity index (χ4n) is 1.51. The summed E-state index contributed by atoms with van der Waals surface area (Å²) in [4.78, 5) is 26.3. The molecule has 0 unspecified atom stereocenters. The van der Waals surface area contributed by atoms with Gasteiger partial charge in [-0.1, -0.05) is 0 Å². The molecule has 0 aliphatic heterocycles. The standard InChI is InChI=1S/C11H15N3O4/c1-8(2)13(6-5-11(15)16)10-4-3-9(7-12-10)14(17)18/h3-4,7-8H,5-6H2,1-2H3,(H,15,16). The van der Waals surface area contributed by atoms with Crippen molar-refractivity contribution < 1.29 is 14.8 Å². The molecule has 0 fully saturated rings. The summed E-state index contributed by atoms with van der Waals surface area (Å²) in [6.07, 6.45) is 1.17. The first-order chi connectivity index (χ1) is 8.41. The molecule has 0 aliphatic carbocycles. The average molecular weight is 253 g/mol. The van der Waals surface area contributed by atoms with Gasteiger partial charge >= 0.3 is 5.97 Å². The lowest BCUT2D eigenvalue weighted by Gasteiger charge is -2.27. The Bertz CT molecular complexity index is 430. The number of pyridine rings is 1. The van der Waals surface area contributed by atoms with Crippen molar-refractivity contribution in [1.29, 1.82) is 0 Å². The van der Waals surface area contributed by atoms with Crippen molar-refractivity contribution >= 4 is 17.5 Å². The Morgan fingerprint density at radius 2 is 2.22 bits per heavy atom. The Morgan fingerprint density at radius 3 is 2.61 bits per heavy atom. The molecule has 0 saturated heterocycles. The van der Waals surface area contributed by atoms with Crippen LogP contribution in [-0.4, -0.2) is 33.6 Å². The second kappa shape index (κ2) is 5.95. The van der Waals surface area contributed by atoms with E-state index in [2.05, 4.69) is 4.98 Å². The van der Waals surface area contributed by atoms with E-state index >= 15 is 0 Å². The van der Waals surface area contributed by atoms with E-state index in [9.17, 15) is 14.9 Å². The van der Waals surface area contributed by atoms with E-state index in [0.717, 1.165) is 0 Å². The monoisotopic (exact) mass is 253 g/mol. The van der Waals surface area contributed by atoms with Crippen LogP contribution in [0.2, 0.25) is 0 Å². The van der Waals surface area contributed by atoms with Gasteiger partial charge < -0.3 is 10.0 Å². The van der Waals surface area contributed by atoms with Gasteiger partial charge in [0.15, 0.2) is 0 Å². The Balaban J connectivity index is 2.85. The van der Waals surface area contributed by atoms with Gasteiger partial charge in [-0.25, -0.2) is 4.98 Å². The number of aromatic nitrogens is 1. The first kappa shape index (κ1) is 13.9. The summed E-state index contributed by atoms with van der Waals surface area (Å²) in [5.41, 5.74) is -0.0827. The summed E-state index contributed by atoms with van der Waals surface area (Å²) in [6.45, 7) is 4.13. The van der Waals surface area contributed by atoms with Crippen molar-refractivity contribution in [3.63, 3.8) is 0 Å². The highest BCUT2D eigenvalue weighted by molar-refractivity contribution is 5.67.